The highest BCUT2D eigenvalue weighted by molar-refractivity contribution is 7.18. The summed E-state index contributed by atoms with van der Waals surface area (Å²) in [6, 6.07) is 15.8. The summed E-state index contributed by atoms with van der Waals surface area (Å²) in [5.74, 6) is -0.273. The molecule has 1 fully saturated rings. The number of fused-ring (bicyclic) bond motifs is 1. The molecule has 6 heteroatoms. The zero-order chi connectivity index (χ0) is 19.7. The first kappa shape index (κ1) is 18.6. The quantitative estimate of drug-likeness (QED) is 0.629. The number of esters is 1. The molecule has 1 N–H and O–H groups in total. The number of hydrogen-bond acceptors (Lipinski definition) is 5. The molecule has 0 saturated heterocycles. The molecule has 0 unspecified atom stereocenters. The lowest BCUT2D eigenvalue weighted by Gasteiger charge is -2.13. The van der Waals surface area contributed by atoms with Crippen LogP contribution in [0.1, 0.15) is 30.8 Å². The van der Waals surface area contributed by atoms with Gasteiger partial charge in [-0.1, -0.05) is 31.2 Å². The van der Waals surface area contributed by atoms with Gasteiger partial charge in [0.05, 0.1) is 21.1 Å². The Bertz CT molecular complexity index is 979. The summed E-state index contributed by atoms with van der Waals surface area (Å²) < 4.78 is 6.44. The van der Waals surface area contributed by atoms with Gasteiger partial charge in [0.1, 0.15) is 0 Å². The summed E-state index contributed by atoms with van der Waals surface area (Å²) in [7, 11) is 0. The van der Waals surface area contributed by atoms with Gasteiger partial charge < -0.3 is 10.1 Å². The molecule has 1 aliphatic carbocycles. The number of nitrogens with one attached hydrogen (secondary N) is 1. The monoisotopic (exact) mass is 394 g/mol. The number of amides is 1. The zero-order valence-corrected chi connectivity index (χ0v) is 16.7. The smallest absolute Gasteiger partial charge is 0.309 e. The topological polar surface area (TPSA) is 68.3 Å². The Morgan fingerprint density at radius 2 is 1.93 bits per heavy atom. The molecule has 3 aromatic rings. The normalized spacial score (nSPS) is 19.2. The van der Waals surface area contributed by atoms with Gasteiger partial charge in [-0.05, 0) is 49.1 Å². The van der Waals surface area contributed by atoms with Crippen molar-refractivity contribution in [2.75, 3.05) is 5.32 Å². The Kier molecular flexibility index (Phi) is 5.13. The third-order valence-corrected chi connectivity index (χ3v) is 6.03. The van der Waals surface area contributed by atoms with Crippen molar-refractivity contribution in [3.05, 3.63) is 59.1 Å². The van der Waals surface area contributed by atoms with Crippen molar-refractivity contribution in [2.45, 2.75) is 32.8 Å². The lowest BCUT2D eigenvalue weighted by molar-refractivity contribution is -0.154. The van der Waals surface area contributed by atoms with Gasteiger partial charge in [-0.2, -0.15) is 0 Å². The van der Waals surface area contributed by atoms with E-state index >= 15 is 0 Å². The number of carbonyl (C=O) groups excluding carboxylic acids is 2. The standard InChI is InChI=1S/C22H22N2O3S/c1-13-11-17(13)22(26)27-14(2)21(25)23-16-9-7-15(8-10-16)12-20-24-18-5-3-4-6-19(18)28-20/h3-10,13-14,17H,11-12H2,1-2H3,(H,23,25)/t13-,14-,17+/m0/s1. The molecule has 28 heavy (non-hydrogen) atoms. The third kappa shape index (κ3) is 4.22. The fourth-order valence-corrected chi connectivity index (χ4v) is 4.09. The summed E-state index contributed by atoms with van der Waals surface area (Å²) in [5, 5.41) is 3.86. The van der Waals surface area contributed by atoms with Crippen LogP contribution in [-0.2, 0) is 20.7 Å². The van der Waals surface area contributed by atoms with E-state index < -0.39 is 6.10 Å². The van der Waals surface area contributed by atoms with E-state index in [4.69, 9.17) is 4.74 Å². The minimum absolute atomic E-state index is 0.0444. The first-order chi connectivity index (χ1) is 13.5. The predicted octanol–water partition coefficient (Wildman–Crippen LogP) is 4.41. The Labute approximate surface area is 167 Å². The van der Waals surface area contributed by atoms with Crippen LogP contribution in [0.3, 0.4) is 0 Å². The maximum absolute atomic E-state index is 12.3. The Hall–Kier alpha value is -2.73. The molecule has 0 radical (unpaired) electrons. The molecule has 2 aromatic carbocycles. The molecule has 0 aliphatic heterocycles. The molecule has 3 atom stereocenters. The van der Waals surface area contributed by atoms with Crippen molar-refractivity contribution in [3.63, 3.8) is 0 Å². The molecule has 4 rings (SSSR count). The fraction of sp³-hybridized carbons (Fsp3) is 0.318. The Morgan fingerprint density at radius 3 is 2.61 bits per heavy atom. The second-order valence-electron chi connectivity index (χ2n) is 7.34. The van der Waals surface area contributed by atoms with Crippen LogP contribution in [0, 0.1) is 11.8 Å². The van der Waals surface area contributed by atoms with Crippen LogP contribution < -0.4 is 5.32 Å². The maximum atomic E-state index is 12.3. The molecule has 0 bridgehead atoms. The van der Waals surface area contributed by atoms with E-state index in [0.29, 0.717) is 11.6 Å². The number of carbonyl (C=O) groups is 2. The van der Waals surface area contributed by atoms with Gasteiger partial charge in [-0.3, -0.25) is 9.59 Å². The van der Waals surface area contributed by atoms with Crippen molar-refractivity contribution >= 4 is 39.1 Å². The molecule has 0 spiro atoms. The number of para-hydroxylation sites is 1. The number of rotatable bonds is 6. The molecular weight excluding hydrogens is 372 g/mol. The maximum Gasteiger partial charge on any atom is 0.309 e. The van der Waals surface area contributed by atoms with Crippen LogP contribution in [0.4, 0.5) is 5.69 Å². The summed E-state index contributed by atoms with van der Waals surface area (Å²) in [6.07, 6.45) is 0.799. The van der Waals surface area contributed by atoms with E-state index in [1.165, 1.54) is 4.70 Å². The lowest BCUT2D eigenvalue weighted by atomic mass is 10.1. The Balaban J connectivity index is 1.33. The second kappa shape index (κ2) is 7.72. The van der Waals surface area contributed by atoms with Gasteiger partial charge in [0.25, 0.3) is 5.91 Å². The number of nitrogens with zero attached hydrogens (tertiary/aromatic N) is 1. The van der Waals surface area contributed by atoms with E-state index in [1.54, 1.807) is 18.3 Å². The summed E-state index contributed by atoms with van der Waals surface area (Å²) in [5.41, 5.74) is 2.83. The van der Waals surface area contributed by atoms with Gasteiger partial charge >= 0.3 is 5.97 Å². The van der Waals surface area contributed by atoms with Gasteiger partial charge in [-0.15, -0.1) is 11.3 Å². The van der Waals surface area contributed by atoms with Gasteiger partial charge in [0.2, 0.25) is 0 Å². The Morgan fingerprint density at radius 1 is 1.21 bits per heavy atom. The van der Waals surface area contributed by atoms with E-state index in [1.807, 2.05) is 49.4 Å². The van der Waals surface area contributed by atoms with Crippen LogP contribution in [0.15, 0.2) is 48.5 Å². The van der Waals surface area contributed by atoms with E-state index in [2.05, 4.69) is 16.4 Å². The van der Waals surface area contributed by atoms with E-state index in [9.17, 15) is 9.59 Å². The lowest BCUT2D eigenvalue weighted by Crippen LogP contribution is -2.30. The highest BCUT2D eigenvalue weighted by Crippen LogP contribution is 2.38. The van der Waals surface area contributed by atoms with Gasteiger partial charge in [0, 0.05) is 12.1 Å². The largest absolute Gasteiger partial charge is 0.452 e. The highest BCUT2D eigenvalue weighted by atomic mass is 32.1. The number of benzene rings is 2. The van der Waals surface area contributed by atoms with Crippen LogP contribution in [0.2, 0.25) is 0 Å². The zero-order valence-electron chi connectivity index (χ0n) is 15.8. The van der Waals surface area contributed by atoms with Crippen molar-refractivity contribution in [1.29, 1.82) is 0 Å². The van der Waals surface area contributed by atoms with Crippen molar-refractivity contribution in [1.82, 2.24) is 4.98 Å². The van der Waals surface area contributed by atoms with Gasteiger partial charge in [-0.25, -0.2) is 4.98 Å². The van der Waals surface area contributed by atoms with Crippen molar-refractivity contribution in [2.24, 2.45) is 11.8 Å². The number of anilines is 1. The van der Waals surface area contributed by atoms with Gasteiger partial charge in [0.15, 0.2) is 6.10 Å². The summed E-state index contributed by atoms with van der Waals surface area (Å²) in [6.45, 7) is 3.61. The van der Waals surface area contributed by atoms with Crippen LogP contribution in [0.25, 0.3) is 10.2 Å². The second-order valence-corrected chi connectivity index (χ2v) is 8.45. The number of aromatic nitrogens is 1. The first-order valence-electron chi connectivity index (χ1n) is 9.44. The third-order valence-electron chi connectivity index (χ3n) is 4.99. The number of hydrogen-bond donors (Lipinski definition) is 1. The molecule has 1 aromatic heterocycles. The molecule has 1 saturated carbocycles. The average molecular weight is 394 g/mol. The van der Waals surface area contributed by atoms with Crippen LogP contribution in [-0.4, -0.2) is 23.0 Å². The molecule has 1 aliphatic rings. The molecule has 5 nitrogen and oxygen atoms in total. The average Bonchev–Trinajstić information content (AvgIpc) is 3.27. The summed E-state index contributed by atoms with van der Waals surface area (Å²) >= 11 is 1.69. The van der Waals surface area contributed by atoms with E-state index in [0.717, 1.165) is 28.9 Å². The number of ether oxygens (including phenoxy) is 1. The minimum atomic E-state index is -0.803. The SMILES string of the molecule is C[C@H](OC(=O)[C@@H]1C[C@@H]1C)C(=O)Nc1ccc(Cc2nc3ccccc3s2)cc1. The van der Waals surface area contributed by atoms with Crippen LogP contribution in [0.5, 0.6) is 0 Å². The fourth-order valence-electron chi connectivity index (χ4n) is 3.09. The molecule has 144 valence electrons. The van der Waals surface area contributed by atoms with E-state index in [-0.39, 0.29) is 17.8 Å². The van der Waals surface area contributed by atoms with Crippen molar-refractivity contribution in [3.8, 4) is 0 Å². The molecule has 1 amide bonds. The predicted molar refractivity (Wildman–Crippen MR) is 110 cm³/mol. The van der Waals surface area contributed by atoms with Crippen molar-refractivity contribution < 1.29 is 14.3 Å². The molecular formula is C22H22N2O3S. The summed E-state index contributed by atoms with van der Waals surface area (Å²) in [4.78, 5) is 28.8. The molecule has 1 heterocycles. The number of thiazole rings is 1. The highest BCUT2D eigenvalue weighted by Gasteiger charge is 2.41. The first-order valence-corrected chi connectivity index (χ1v) is 10.3. The van der Waals surface area contributed by atoms with Crippen LogP contribution >= 0.6 is 11.3 Å². The minimum Gasteiger partial charge on any atom is -0.452 e.